The first-order chi connectivity index (χ1) is 8.05. The van der Waals surface area contributed by atoms with E-state index in [0.717, 1.165) is 19.7 Å². The predicted molar refractivity (Wildman–Crippen MR) is 71.3 cm³/mol. The molecule has 0 bridgehead atoms. The number of hydrogen-bond donors (Lipinski definition) is 1. The van der Waals surface area contributed by atoms with Gasteiger partial charge in [0.05, 0.1) is 6.61 Å². The zero-order valence-corrected chi connectivity index (χ0v) is 11.7. The molecule has 3 nitrogen and oxygen atoms in total. The Morgan fingerprint density at radius 2 is 1.82 bits per heavy atom. The van der Waals surface area contributed by atoms with Crippen LogP contribution in [0.2, 0.25) is 0 Å². The topological polar surface area (TPSA) is 24.5 Å². The van der Waals surface area contributed by atoms with Gasteiger partial charge in [0.25, 0.3) is 0 Å². The van der Waals surface area contributed by atoms with E-state index in [1.54, 1.807) is 7.11 Å². The minimum absolute atomic E-state index is 0.239. The molecular weight excluding hydrogens is 212 g/mol. The summed E-state index contributed by atoms with van der Waals surface area (Å²) < 4.78 is 5.23. The van der Waals surface area contributed by atoms with E-state index in [1.165, 1.54) is 38.6 Å². The van der Waals surface area contributed by atoms with Crippen molar-refractivity contribution in [3.8, 4) is 0 Å². The molecule has 1 heterocycles. The fourth-order valence-electron chi connectivity index (χ4n) is 3.73. The molecule has 0 aromatic heterocycles. The molecule has 1 saturated carbocycles. The summed E-state index contributed by atoms with van der Waals surface area (Å²) in [5, 5.41) is 3.93. The van der Waals surface area contributed by atoms with Gasteiger partial charge in [0.15, 0.2) is 0 Å². The van der Waals surface area contributed by atoms with Gasteiger partial charge in [-0.3, -0.25) is 4.90 Å². The van der Waals surface area contributed by atoms with Crippen molar-refractivity contribution in [3.05, 3.63) is 0 Å². The van der Waals surface area contributed by atoms with E-state index in [9.17, 15) is 0 Å². The van der Waals surface area contributed by atoms with E-state index in [1.807, 2.05) is 0 Å². The van der Waals surface area contributed by atoms with Crippen molar-refractivity contribution < 1.29 is 4.74 Å². The third-order valence-corrected chi connectivity index (χ3v) is 4.17. The van der Waals surface area contributed by atoms with Crippen LogP contribution in [0, 0.1) is 0 Å². The molecule has 0 aromatic carbocycles. The molecule has 0 radical (unpaired) electrons. The maximum Gasteiger partial charge on any atom is 0.0589 e. The molecule has 1 N–H and O–H groups in total. The van der Waals surface area contributed by atoms with Crippen LogP contribution in [0.5, 0.6) is 0 Å². The molecule has 2 fully saturated rings. The fourth-order valence-corrected chi connectivity index (χ4v) is 3.73. The van der Waals surface area contributed by atoms with Crippen molar-refractivity contribution in [2.24, 2.45) is 0 Å². The van der Waals surface area contributed by atoms with Gasteiger partial charge in [0.2, 0.25) is 0 Å². The maximum absolute atomic E-state index is 5.23. The summed E-state index contributed by atoms with van der Waals surface area (Å²) in [5.74, 6) is 0. The van der Waals surface area contributed by atoms with Gasteiger partial charge in [-0.2, -0.15) is 0 Å². The van der Waals surface area contributed by atoms with Gasteiger partial charge in [-0.25, -0.2) is 0 Å². The smallest absolute Gasteiger partial charge is 0.0589 e. The number of nitrogens with zero attached hydrogens (tertiary/aromatic N) is 1. The minimum atomic E-state index is 0.239. The Hall–Kier alpha value is -0.120. The fraction of sp³-hybridized carbons (Fsp3) is 1.00. The van der Waals surface area contributed by atoms with E-state index in [-0.39, 0.29) is 5.54 Å². The highest BCUT2D eigenvalue weighted by molar-refractivity contribution is 5.03. The zero-order valence-electron chi connectivity index (χ0n) is 11.7. The highest BCUT2D eigenvalue weighted by atomic mass is 16.5. The lowest BCUT2D eigenvalue weighted by atomic mass is 9.77. The highest BCUT2D eigenvalue weighted by Crippen LogP contribution is 2.34. The molecule has 2 rings (SSSR count). The van der Waals surface area contributed by atoms with E-state index in [2.05, 4.69) is 24.1 Å². The maximum atomic E-state index is 5.23. The summed E-state index contributed by atoms with van der Waals surface area (Å²) in [4.78, 5) is 2.59. The third kappa shape index (κ3) is 3.43. The van der Waals surface area contributed by atoms with E-state index >= 15 is 0 Å². The van der Waals surface area contributed by atoms with Gasteiger partial charge < -0.3 is 10.1 Å². The molecule has 0 amide bonds. The largest absolute Gasteiger partial charge is 0.383 e. The van der Waals surface area contributed by atoms with Crippen molar-refractivity contribution in [2.45, 2.75) is 57.0 Å². The van der Waals surface area contributed by atoms with Crippen LogP contribution in [0.1, 0.15) is 46.0 Å². The summed E-state index contributed by atoms with van der Waals surface area (Å²) in [6.07, 6.45) is 6.89. The normalized spacial score (nSPS) is 28.4. The first kappa shape index (κ1) is 13.3. The van der Waals surface area contributed by atoms with Crippen molar-refractivity contribution in [2.75, 3.05) is 33.4 Å². The second kappa shape index (κ2) is 5.25. The summed E-state index contributed by atoms with van der Waals surface area (Å²) >= 11 is 0. The Kier molecular flexibility index (Phi) is 4.11. The summed E-state index contributed by atoms with van der Waals surface area (Å²) in [6, 6.07) is 0. The van der Waals surface area contributed by atoms with Crippen molar-refractivity contribution >= 4 is 0 Å². The second-order valence-electron chi connectivity index (χ2n) is 6.55. The lowest BCUT2D eigenvalue weighted by Crippen LogP contribution is -2.69. The van der Waals surface area contributed by atoms with E-state index in [0.29, 0.717) is 5.54 Å². The van der Waals surface area contributed by atoms with Crippen LogP contribution in [0.4, 0.5) is 0 Å². The molecule has 1 aliphatic heterocycles. The third-order valence-electron chi connectivity index (χ3n) is 4.17. The first-order valence-corrected chi connectivity index (χ1v) is 7.06. The zero-order chi connectivity index (χ0) is 12.4. The van der Waals surface area contributed by atoms with E-state index < -0.39 is 0 Å². The number of nitrogens with one attached hydrogen (secondary N) is 1. The minimum Gasteiger partial charge on any atom is -0.383 e. The SMILES string of the molecule is COCCN1CC(C)(C)NC2(CCCCC2)C1. The number of hydrogen-bond acceptors (Lipinski definition) is 3. The van der Waals surface area contributed by atoms with Gasteiger partial charge in [-0.05, 0) is 26.7 Å². The van der Waals surface area contributed by atoms with Crippen LogP contribution in [0.15, 0.2) is 0 Å². The summed E-state index contributed by atoms with van der Waals surface area (Å²) in [5.41, 5.74) is 0.622. The molecule has 0 unspecified atom stereocenters. The number of rotatable bonds is 3. The molecule has 1 saturated heterocycles. The molecular formula is C14H28N2O. The number of piperazine rings is 1. The second-order valence-corrected chi connectivity index (χ2v) is 6.55. The average molecular weight is 240 g/mol. The molecule has 3 heteroatoms. The molecule has 0 aromatic rings. The lowest BCUT2D eigenvalue weighted by molar-refractivity contribution is 0.0237. The van der Waals surface area contributed by atoms with Crippen LogP contribution in [-0.2, 0) is 4.74 Å². The van der Waals surface area contributed by atoms with Gasteiger partial charge in [-0.15, -0.1) is 0 Å². The van der Waals surface area contributed by atoms with Crippen molar-refractivity contribution in [1.29, 1.82) is 0 Å². The van der Waals surface area contributed by atoms with Crippen molar-refractivity contribution in [3.63, 3.8) is 0 Å². The van der Waals surface area contributed by atoms with Gasteiger partial charge in [0, 0.05) is 37.8 Å². The standard InChI is InChI=1S/C14H28N2O/c1-13(2)11-16(9-10-17-3)12-14(15-13)7-5-4-6-8-14/h15H,4-12H2,1-3H3. The first-order valence-electron chi connectivity index (χ1n) is 7.06. The molecule has 2 aliphatic rings. The average Bonchev–Trinajstić information content (AvgIpc) is 2.25. The Labute approximate surface area is 106 Å². The number of methoxy groups -OCH3 is 1. The van der Waals surface area contributed by atoms with E-state index in [4.69, 9.17) is 4.74 Å². The van der Waals surface area contributed by atoms with Crippen LogP contribution < -0.4 is 5.32 Å². The lowest BCUT2D eigenvalue weighted by Gasteiger charge is -2.53. The quantitative estimate of drug-likeness (QED) is 0.817. The van der Waals surface area contributed by atoms with Gasteiger partial charge >= 0.3 is 0 Å². The van der Waals surface area contributed by atoms with Crippen LogP contribution >= 0.6 is 0 Å². The van der Waals surface area contributed by atoms with Crippen molar-refractivity contribution in [1.82, 2.24) is 10.2 Å². The Morgan fingerprint density at radius 3 is 2.47 bits per heavy atom. The van der Waals surface area contributed by atoms with Gasteiger partial charge in [0.1, 0.15) is 0 Å². The monoisotopic (exact) mass is 240 g/mol. The molecule has 17 heavy (non-hydrogen) atoms. The Bertz CT molecular complexity index is 247. The number of ether oxygens (including phenoxy) is 1. The Balaban J connectivity index is 2.01. The van der Waals surface area contributed by atoms with Gasteiger partial charge in [-0.1, -0.05) is 19.3 Å². The van der Waals surface area contributed by atoms with Crippen LogP contribution in [0.25, 0.3) is 0 Å². The molecule has 1 aliphatic carbocycles. The summed E-state index contributed by atoms with van der Waals surface area (Å²) in [7, 11) is 1.80. The molecule has 1 spiro atoms. The van der Waals surface area contributed by atoms with Crippen LogP contribution in [0.3, 0.4) is 0 Å². The predicted octanol–water partition coefficient (Wildman–Crippen LogP) is 2.02. The molecule has 100 valence electrons. The Morgan fingerprint density at radius 1 is 1.12 bits per heavy atom. The van der Waals surface area contributed by atoms with Crippen LogP contribution in [-0.4, -0.2) is 49.3 Å². The molecule has 0 atom stereocenters. The summed E-state index contributed by atoms with van der Waals surface area (Å²) in [6.45, 7) is 8.94. The highest BCUT2D eigenvalue weighted by Gasteiger charge is 2.42.